The van der Waals surface area contributed by atoms with E-state index in [1.165, 1.54) is 12.8 Å². The van der Waals surface area contributed by atoms with Gasteiger partial charge >= 0.3 is 0 Å². The van der Waals surface area contributed by atoms with Gasteiger partial charge in [-0.15, -0.1) is 0 Å². The number of sulfonamides is 1. The Hall–Kier alpha value is -0.130. The summed E-state index contributed by atoms with van der Waals surface area (Å²) in [7, 11) is -1.22. The highest BCUT2D eigenvalue weighted by molar-refractivity contribution is 7.90. The second-order valence-electron chi connectivity index (χ2n) is 5.05. The molecule has 0 radical (unpaired) electrons. The smallest absolute Gasteiger partial charge is 0.216 e. The van der Waals surface area contributed by atoms with Crippen LogP contribution in [0.4, 0.5) is 0 Å². The van der Waals surface area contributed by atoms with Crippen LogP contribution in [0.25, 0.3) is 0 Å². The molecular weight excluding hydrogens is 224 g/mol. The maximum Gasteiger partial charge on any atom is 0.216 e. The summed E-state index contributed by atoms with van der Waals surface area (Å²) in [6, 6.07) is 0. The van der Waals surface area contributed by atoms with E-state index in [2.05, 4.69) is 5.32 Å². The van der Waals surface area contributed by atoms with Gasteiger partial charge in [0.2, 0.25) is 10.0 Å². The zero-order chi connectivity index (χ0) is 11.6. The molecule has 0 spiro atoms. The van der Waals surface area contributed by atoms with Crippen molar-refractivity contribution in [3.8, 4) is 0 Å². The third kappa shape index (κ3) is 2.96. The zero-order valence-electron chi connectivity index (χ0n) is 9.98. The Bertz CT molecular complexity index is 319. The molecule has 2 fully saturated rings. The Morgan fingerprint density at radius 2 is 1.81 bits per heavy atom. The number of nitrogens with zero attached hydrogens (tertiary/aromatic N) is 1. The summed E-state index contributed by atoms with van der Waals surface area (Å²) in [5.41, 5.74) is 0. The first kappa shape index (κ1) is 12.3. The van der Waals surface area contributed by atoms with Gasteiger partial charge in [0.25, 0.3) is 0 Å². The van der Waals surface area contributed by atoms with Crippen molar-refractivity contribution in [2.45, 2.75) is 37.4 Å². The lowest BCUT2D eigenvalue weighted by Gasteiger charge is -2.25. The van der Waals surface area contributed by atoms with E-state index in [1.807, 2.05) is 0 Å². The van der Waals surface area contributed by atoms with Crippen LogP contribution in [0.5, 0.6) is 0 Å². The van der Waals surface area contributed by atoms with Gasteiger partial charge in [-0.2, -0.15) is 0 Å². The van der Waals surface area contributed by atoms with E-state index in [0.29, 0.717) is 12.5 Å². The van der Waals surface area contributed by atoms with Gasteiger partial charge in [0.15, 0.2) is 0 Å². The van der Waals surface area contributed by atoms with E-state index >= 15 is 0 Å². The van der Waals surface area contributed by atoms with Crippen LogP contribution in [0.15, 0.2) is 0 Å². The summed E-state index contributed by atoms with van der Waals surface area (Å²) in [5, 5.41) is 3.26. The quantitative estimate of drug-likeness (QED) is 0.780. The van der Waals surface area contributed by atoms with Gasteiger partial charge < -0.3 is 5.32 Å². The Morgan fingerprint density at radius 1 is 1.19 bits per heavy atom. The minimum atomic E-state index is -2.95. The van der Waals surface area contributed by atoms with E-state index in [1.54, 1.807) is 11.4 Å². The first-order chi connectivity index (χ1) is 7.60. The van der Waals surface area contributed by atoms with Gasteiger partial charge in [0, 0.05) is 13.6 Å². The average Bonchev–Trinajstić information content (AvgIpc) is 3.11. The lowest BCUT2D eigenvalue weighted by Crippen LogP contribution is -2.34. The van der Waals surface area contributed by atoms with Crippen molar-refractivity contribution in [3.05, 3.63) is 0 Å². The van der Waals surface area contributed by atoms with Crippen molar-refractivity contribution in [3.63, 3.8) is 0 Å². The molecule has 1 saturated heterocycles. The van der Waals surface area contributed by atoms with Crippen LogP contribution in [0.3, 0.4) is 0 Å². The average molecular weight is 246 g/mol. The van der Waals surface area contributed by atoms with Crippen LogP contribution in [0.2, 0.25) is 0 Å². The summed E-state index contributed by atoms with van der Waals surface area (Å²) < 4.78 is 25.3. The fourth-order valence-electron chi connectivity index (χ4n) is 2.28. The van der Waals surface area contributed by atoms with Crippen LogP contribution in [-0.4, -0.2) is 44.7 Å². The first-order valence-corrected chi connectivity index (χ1v) is 7.77. The molecule has 0 aromatic rings. The molecule has 1 aliphatic carbocycles. The van der Waals surface area contributed by atoms with Crippen molar-refractivity contribution < 1.29 is 8.42 Å². The van der Waals surface area contributed by atoms with Gasteiger partial charge in [0.1, 0.15) is 0 Å². The molecule has 94 valence electrons. The number of piperidine rings is 1. The predicted octanol–water partition coefficient (Wildman–Crippen LogP) is 0.800. The topological polar surface area (TPSA) is 49.4 Å². The minimum absolute atomic E-state index is 0.0643. The van der Waals surface area contributed by atoms with Crippen LogP contribution in [-0.2, 0) is 10.0 Å². The van der Waals surface area contributed by atoms with Crippen molar-refractivity contribution in [1.29, 1.82) is 0 Å². The molecule has 1 aliphatic heterocycles. The molecule has 0 aromatic carbocycles. The Labute approximate surface area is 98.4 Å². The van der Waals surface area contributed by atoms with E-state index in [0.717, 1.165) is 32.4 Å². The first-order valence-electron chi connectivity index (χ1n) is 6.26. The van der Waals surface area contributed by atoms with E-state index < -0.39 is 10.0 Å². The highest BCUT2D eigenvalue weighted by Crippen LogP contribution is 2.30. The van der Waals surface area contributed by atoms with Crippen LogP contribution in [0.1, 0.15) is 32.1 Å². The zero-order valence-corrected chi connectivity index (χ0v) is 10.8. The SMILES string of the molecule is CN(CCC1CCNCC1)S(=O)(=O)C1CC1. The van der Waals surface area contributed by atoms with Crippen molar-refractivity contribution in [2.75, 3.05) is 26.7 Å². The highest BCUT2D eigenvalue weighted by atomic mass is 32.2. The van der Waals surface area contributed by atoms with Crippen LogP contribution >= 0.6 is 0 Å². The molecule has 2 rings (SSSR count). The molecule has 16 heavy (non-hydrogen) atoms. The van der Waals surface area contributed by atoms with Crippen molar-refractivity contribution in [1.82, 2.24) is 9.62 Å². The van der Waals surface area contributed by atoms with E-state index in [9.17, 15) is 8.42 Å². The lowest BCUT2D eigenvalue weighted by molar-refractivity contribution is 0.326. The summed E-state index contributed by atoms with van der Waals surface area (Å²) >= 11 is 0. The van der Waals surface area contributed by atoms with Gasteiger partial charge in [-0.3, -0.25) is 0 Å². The molecule has 4 nitrogen and oxygen atoms in total. The highest BCUT2D eigenvalue weighted by Gasteiger charge is 2.38. The second kappa shape index (κ2) is 5.02. The van der Waals surface area contributed by atoms with Crippen molar-refractivity contribution >= 4 is 10.0 Å². The molecule has 1 saturated carbocycles. The molecule has 0 atom stereocenters. The molecular formula is C11H22N2O2S. The minimum Gasteiger partial charge on any atom is -0.317 e. The van der Waals surface area contributed by atoms with Crippen LogP contribution in [0, 0.1) is 5.92 Å². The molecule has 1 N–H and O–H groups in total. The fourth-order valence-corrected chi connectivity index (χ4v) is 3.88. The molecule has 2 aliphatic rings. The molecule has 1 heterocycles. The van der Waals surface area contributed by atoms with E-state index in [4.69, 9.17) is 0 Å². The van der Waals surface area contributed by atoms with Gasteiger partial charge in [-0.05, 0) is 51.1 Å². The predicted molar refractivity (Wildman–Crippen MR) is 64.8 cm³/mol. The molecule has 5 heteroatoms. The fraction of sp³-hybridized carbons (Fsp3) is 1.00. The standard InChI is InChI=1S/C11H22N2O2S/c1-13(16(14,15)11-2-3-11)9-6-10-4-7-12-8-5-10/h10-12H,2-9H2,1H3. The lowest BCUT2D eigenvalue weighted by atomic mass is 9.95. The van der Waals surface area contributed by atoms with Gasteiger partial charge in [0.05, 0.1) is 5.25 Å². The molecule has 0 amide bonds. The van der Waals surface area contributed by atoms with Crippen molar-refractivity contribution in [2.24, 2.45) is 5.92 Å². The van der Waals surface area contributed by atoms with Crippen LogP contribution < -0.4 is 5.32 Å². The Kier molecular flexibility index (Phi) is 3.87. The number of rotatable bonds is 5. The summed E-state index contributed by atoms with van der Waals surface area (Å²) in [5.74, 6) is 0.707. The monoisotopic (exact) mass is 246 g/mol. The molecule has 0 unspecified atom stereocenters. The summed E-state index contributed by atoms with van der Waals surface area (Å²) in [6.07, 6.45) is 5.12. The second-order valence-corrected chi connectivity index (χ2v) is 7.37. The normalized spacial score (nSPS) is 23.9. The number of nitrogens with one attached hydrogen (secondary N) is 1. The third-order valence-corrected chi connectivity index (χ3v) is 6.06. The molecule has 0 aromatic heterocycles. The number of hydrogen-bond donors (Lipinski definition) is 1. The molecule has 0 bridgehead atoms. The third-order valence-electron chi connectivity index (χ3n) is 3.69. The maximum absolute atomic E-state index is 11.9. The Balaban J connectivity index is 1.76. The van der Waals surface area contributed by atoms with Gasteiger partial charge in [-0.25, -0.2) is 12.7 Å². The summed E-state index contributed by atoms with van der Waals surface area (Å²) in [6.45, 7) is 2.87. The number of hydrogen-bond acceptors (Lipinski definition) is 3. The van der Waals surface area contributed by atoms with E-state index in [-0.39, 0.29) is 5.25 Å². The largest absolute Gasteiger partial charge is 0.317 e. The maximum atomic E-state index is 11.9. The Morgan fingerprint density at radius 3 is 2.38 bits per heavy atom. The van der Waals surface area contributed by atoms with Gasteiger partial charge in [-0.1, -0.05) is 0 Å². The summed E-state index contributed by atoms with van der Waals surface area (Å²) in [4.78, 5) is 0.